The summed E-state index contributed by atoms with van der Waals surface area (Å²) in [5.41, 5.74) is 3.75. The van der Waals surface area contributed by atoms with E-state index in [1.165, 1.54) is 29.3 Å². The van der Waals surface area contributed by atoms with E-state index < -0.39 is 14.9 Å². The normalized spacial score (nSPS) is 20.9. The monoisotopic (exact) mass is 408 g/mol. The average Bonchev–Trinajstić information content (AvgIpc) is 3.23. The number of hydrazone groups is 1. The molecule has 1 saturated carbocycles. The second-order valence-corrected chi connectivity index (χ2v) is 9.51. The van der Waals surface area contributed by atoms with Crippen molar-refractivity contribution in [2.75, 3.05) is 18.5 Å². The van der Waals surface area contributed by atoms with Crippen LogP contribution < -0.4 is 5.43 Å². The Bertz CT molecular complexity index is 837. The molecule has 9 heteroatoms. The number of sulfonamides is 1. The summed E-state index contributed by atoms with van der Waals surface area (Å²) in [4.78, 5) is 10.9. The smallest absolute Gasteiger partial charge is 0.272 e. The van der Waals surface area contributed by atoms with Gasteiger partial charge in [-0.15, -0.1) is 0 Å². The molecule has 2 aliphatic rings. The van der Waals surface area contributed by atoms with Gasteiger partial charge < -0.3 is 0 Å². The van der Waals surface area contributed by atoms with Gasteiger partial charge in [-0.3, -0.25) is 15.5 Å². The van der Waals surface area contributed by atoms with E-state index in [4.69, 9.17) is 0 Å². The number of hydrogen-bond acceptors (Lipinski definition) is 6. The lowest BCUT2D eigenvalue weighted by Crippen LogP contribution is -2.27. The Morgan fingerprint density at radius 1 is 1.25 bits per heavy atom. The Morgan fingerprint density at radius 2 is 1.93 bits per heavy atom. The van der Waals surface area contributed by atoms with Crippen LogP contribution in [0.4, 0.5) is 11.4 Å². The summed E-state index contributed by atoms with van der Waals surface area (Å²) in [6.07, 6.45) is 8.05. The molecule has 1 aromatic carbocycles. The minimum atomic E-state index is -3.69. The van der Waals surface area contributed by atoms with Gasteiger partial charge in [-0.25, -0.2) is 8.42 Å². The Kier molecular flexibility index (Phi) is 6.66. The maximum atomic E-state index is 12.7. The number of anilines is 1. The van der Waals surface area contributed by atoms with Gasteiger partial charge in [0.2, 0.25) is 10.0 Å². The molecule has 0 spiro atoms. The second-order valence-electron chi connectivity index (χ2n) is 7.57. The molecule has 1 N–H and O–H groups in total. The lowest BCUT2D eigenvalue weighted by molar-refractivity contribution is -0.384. The highest BCUT2D eigenvalue weighted by Gasteiger charge is 2.29. The molecule has 8 nitrogen and oxygen atoms in total. The zero-order valence-electron chi connectivity index (χ0n) is 16.3. The van der Waals surface area contributed by atoms with Gasteiger partial charge in [0.1, 0.15) is 5.69 Å². The van der Waals surface area contributed by atoms with Crippen molar-refractivity contribution in [3.63, 3.8) is 0 Å². The third kappa shape index (κ3) is 4.70. The van der Waals surface area contributed by atoms with E-state index >= 15 is 0 Å². The Morgan fingerprint density at radius 3 is 2.54 bits per heavy atom. The Hall–Kier alpha value is -2.00. The van der Waals surface area contributed by atoms with E-state index in [0.29, 0.717) is 13.1 Å². The van der Waals surface area contributed by atoms with Crippen molar-refractivity contribution in [2.45, 2.75) is 63.2 Å². The molecule has 0 unspecified atom stereocenters. The molecule has 0 amide bonds. The summed E-state index contributed by atoms with van der Waals surface area (Å²) in [6, 6.07) is 3.99. The van der Waals surface area contributed by atoms with Gasteiger partial charge >= 0.3 is 0 Å². The van der Waals surface area contributed by atoms with Crippen LogP contribution in [0.3, 0.4) is 0 Å². The molecule has 3 rings (SSSR count). The van der Waals surface area contributed by atoms with Crippen LogP contribution in [-0.4, -0.2) is 36.4 Å². The molecule has 2 fully saturated rings. The first-order valence-corrected chi connectivity index (χ1v) is 11.5. The Balaban J connectivity index is 1.75. The van der Waals surface area contributed by atoms with Gasteiger partial charge in [-0.1, -0.05) is 19.8 Å². The fourth-order valence-electron chi connectivity index (χ4n) is 3.95. The van der Waals surface area contributed by atoms with Gasteiger partial charge in [0.15, 0.2) is 0 Å². The van der Waals surface area contributed by atoms with E-state index in [9.17, 15) is 18.5 Å². The summed E-state index contributed by atoms with van der Waals surface area (Å²) in [5, 5.41) is 15.9. The van der Waals surface area contributed by atoms with Gasteiger partial charge in [-0.05, 0) is 56.6 Å². The summed E-state index contributed by atoms with van der Waals surface area (Å²) >= 11 is 0. The molecule has 0 radical (unpaired) electrons. The summed E-state index contributed by atoms with van der Waals surface area (Å²) in [7, 11) is -3.69. The van der Waals surface area contributed by atoms with Gasteiger partial charge in [0.05, 0.1) is 9.82 Å². The highest BCUT2D eigenvalue weighted by molar-refractivity contribution is 7.89. The third-order valence-electron chi connectivity index (χ3n) is 5.58. The maximum absolute atomic E-state index is 12.7. The molecular weight excluding hydrogens is 380 g/mol. The molecule has 1 aliphatic heterocycles. The summed E-state index contributed by atoms with van der Waals surface area (Å²) in [5.74, 6) is 0.744. The van der Waals surface area contributed by atoms with Crippen molar-refractivity contribution < 1.29 is 13.3 Å². The minimum Gasteiger partial charge on any atom is -0.272 e. The standard InChI is InChI=1S/C19H28N4O4S/c1-2-5-15-6-8-16(9-7-15)20-21-18-11-10-17(14-19(18)23(24)25)28(26,27)22-12-3-4-13-22/h10-11,14-15,21H,2-9,12-13H2,1H3. The van der Waals surface area contributed by atoms with Gasteiger partial charge in [-0.2, -0.15) is 9.41 Å². The summed E-state index contributed by atoms with van der Waals surface area (Å²) < 4.78 is 26.7. The predicted octanol–water partition coefficient (Wildman–Crippen LogP) is 4.14. The molecule has 1 aromatic rings. The van der Waals surface area contributed by atoms with Crippen LogP contribution in [0.2, 0.25) is 0 Å². The number of hydrogen-bond donors (Lipinski definition) is 1. The molecule has 0 atom stereocenters. The van der Waals surface area contributed by atoms with E-state index in [2.05, 4.69) is 17.5 Å². The first-order valence-electron chi connectivity index (χ1n) is 10.0. The fourth-order valence-corrected chi connectivity index (χ4v) is 5.49. The number of nitro benzene ring substituents is 1. The van der Waals surface area contributed by atoms with Crippen molar-refractivity contribution in [2.24, 2.45) is 11.0 Å². The highest BCUT2D eigenvalue weighted by Crippen LogP contribution is 2.31. The predicted molar refractivity (Wildman–Crippen MR) is 109 cm³/mol. The third-order valence-corrected chi connectivity index (χ3v) is 7.48. The SMILES string of the molecule is CCCC1CCC(=NNc2ccc(S(=O)(=O)N3CCCC3)cc2[N+](=O)[O-])CC1. The molecule has 0 aromatic heterocycles. The van der Waals surface area contributed by atoms with Crippen molar-refractivity contribution in [1.29, 1.82) is 0 Å². The van der Waals surface area contributed by atoms with Crippen molar-refractivity contribution in [3.8, 4) is 0 Å². The van der Waals surface area contributed by atoms with Crippen molar-refractivity contribution >= 4 is 27.1 Å². The number of benzene rings is 1. The van der Waals surface area contributed by atoms with E-state index in [1.807, 2.05) is 0 Å². The number of nitrogens with zero attached hydrogens (tertiary/aromatic N) is 3. The quantitative estimate of drug-likeness (QED) is 0.539. The first kappa shape index (κ1) is 20.7. The van der Waals surface area contributed by atoms with Gasteiger partial charge in [0, 0.05) is 24.9 Å². The molecular formula is C19H28N4O4S. The van der Waals surface area contributed by atoms with Crippen LogP contribution in [0.1, 0.15) is 58.3 Å². The molecule has 154 valence electrons. The number of nitro groups is 1. The van der Waals surface area contributed by atoms with Crippen LogP contribution >= 0.6 is 0 Å². The van der Waals surface area contributed by atoms with E-state index in [1.54, 1.807) is 0 Å². The lowest BCUT2D eigenvalue weighted by Gasteiger charge is -2.22. The fraction of sp³-hybridized carbons (Fsp3) is 0.632. The van der Waals surface area contributed by atoms with Crippen LogP contribution in [0.25, 0.3) is 0 Å². The lowest BCUT2D eigenvalue weighted by atomic mass is 9.85. The van der Waals surface area contributed by atoms with Gasteiger partial charge in [0.25, 0.3) is 5.69 Å². The largest absolute Gasteiger partial charge is 0.295 e. The summed E-state index contributed by atoms with van der Waals surface area (Å²) in [6.45, 7) is 3.11. The molecule has 1 saturated heterocycles. The number of rotatable bonds is 7. The first-order chi connectivity index (χ1) is 13.4. The van der Waals surface area contributed by atoms with Crippen LogP contribution in [0.5, 0.6) is 0 Å². The van der Waals surface area contributed by atoms with Crippen LogP contribution in [0.15, 0.2) is 28.2 Å². The van der Waals surface area contributed by atoms with E-state index in [-0.39, 0.29) is 16.3 Å². The zero-order chi connectivity index (χ0) is 20.1. The maximum Gasteiger partial charge on any atom is 0.295 e. The van der Waals surface area contributed by atoms with E-state index in [0.717, 1.165) is 56.2 Å². The second kappa shape index (κ2) is 9.00. The van der Waals surface area contributed by atoms with Crippen molar-refractivity contribution in [1.82, 2.24) is 4.31 Å². The average molecular weight is 409 g/mol. The van der Waals surface area contributed by atoms with Crippen molar-refractivity contribution in [3.05, 3.63) is 28.3 Å². The molecule has 28 heavy (non-hydrogen) atoms. The molecule has 0 bridgehead atoms. The zero-order valence-corrected chi connectivity index (χ0v) is 17.1. The minimum absolute atomic E-state index is 0.0422. The topological polar surface area (TPSA) is 105 Å². The molecule has 1 aliphatic carbocycles. The van der Waals surface area contributed by atoms with Crippen LogP contribution in [-0.2, 0) is 10.0 Å². The number of nitrogens with one attached hydrogen (secondary N) is 1. The highest BCUT2D eigenvalue weighted by atomic mass is 32.2. The molecule has 1 heterocycles. The van der Waals surface area contributed by atoms with Crippen LogP contribution in [0, 0.1) is 16.0 Å². The Labute approximate surface area is 166 Å².